The van der Waals surface area contributed by atoms with Gasteiger partial charge >= 0.3 is 5.97 Å². The smallest absolute Gasteiger partial charge is 0.307 e. The predicted molar refractivity (Wildman–Crippen MR) is 224 cm³/mol. The molecule has 2 aromatic rings. The summed E-state index contributed by atoms with van der Waals surface area (Å²) in [4.78, 5) is 66.2. The number of methoxy groups -OCH3 is 1. The summed E-state index contributed by atoms with van der Waals surface area (Å²) in [6.45, 7) is 12.9. The number of carbonyl (C=O) groups excluding carboxylic acids is 4. The number of benzene rings is 1. The molecule has 0 unspecified atom stereocenters. The minimum Gasteiger partial charge on any atom is -0.497 e. The van der Waals surface area contributed by atoms with Crippen LogP contribution in [-0.4, -0.2) is 91.1 Å². The van der Waals surface area contributed by atoms with Gasteiger partial charge in [-0.2, -0.15) is 4.98 Å². The van der Waals surface area contributed by atoms with Gasteiger partial charge < -0.3 is 24.0 Å². The lowest BCUT2D eigenvalue weighted by molar-refractivity contribution is -0.160. The predicted octanol–water partition coefficient (Wildman–Crippen LogP) is 6.52. The molecule has 14 heteroatoms. The first-order valence-electron chi connectivity index (χ1n) is 21.5. The van der Waals surface area contributed by atoms with E-state index < -0.39 is 55.7 Å². The van der Waals surface area contributed by atoms with Crippen molar-refractivity contribution in [3.63, 3.8) is 0 Å². The van der Waals surface area contributed by atoms with Gasteiger partial charge in [0, 0.05) is 31.3 Å². The van der Waals surface area contributed by atoms with Crippen molar-refractivity contribution in [1.29, 1.82) is 0 Å². The number of ether oxygens (including phenoxy) is 3. The number of sulfonamides is 1. The summed E-state index contributed by atoms with van der Waals surface area (Å²) in [6, 6.07) is 6.72. The normalized spacial score (nSPS) is 30.4. The number of amides is 2. The van der Waals surface area contributed by atoms with Crippen LogP contribution in [0, 0.1) is 29.1 Å². The van der Waals surface area contributed by atoms with E-state index in [2.05, 4.69) is 16.5 Å². The molecule has 322 valence electrons. The van der Waals surface area contributed by atoms with Gasteiger partial charge in [-0.25, -0.2) is 8.42 Å². The molecule has 5 aliphatic rings. The summed E-state index contributed by atoms with van der Waals surface area (Å²) in [7, 11) is -2.34. The Kier molecular flexibility index (Phi) is 11.9. The zero-order chi connectivity index (χ0) is 42.5. The lowest BCUT2D eigenvalue weighted by Gasteiger charge is -2.32. The highest BCUT2D eigenvalue weighted by Gasteiger charge is 2.62. The molecular weight excluding hydrogens is 773 g/mol. The Hall–Kier alpha value is -4.20. The molecule has 2 aliphatic carbocycles. The van der Waals surface area contributed by atoms with Crippen LogP contribution in [0.15, 0.2) is 36.4 Å². The number of rotatable bonds is 9. The molecule has 1 aromatic heterocycles. The average molecular weight is 835 g/mol. The lowest BCUT2D eigenvalue weighted by Crippen LogP contribution is -2.48. The first kappa shape index (κ1) is 42.9. The second-order valence-electron chi connectivity index (χ2n) is 19.3. The van der Waals surface area contributed by atoms with Crippen molar-refractivity contribution in [2.75, 3.05) is 31.6 Å². The van der Waals surface area contributed by atoms with Crippen LogP contribution in [0.3, 0.4) is 0 Å². The van der Waals surface area contributed by atoms with E-state index in [4.69, 9.17) is 19.2 Å². The summed E-state index contributed by atoms with van der Waals surface area (Å²) < 4.78 is 46.0. The number of nitrogens with zero attached hydrogens (tertiary/aromatic N) is 3. The number of fused-ring (bicyclic) bond motifs is 3. The van der Waals surface area contributed by atoms with Gasteiger partial charge in [0.2, 0.25) is 27.7 Å². The first-order chi connectivity index (χ1) is 27.8. The molecule has 4 fully saturated rings. The maximum Gasteiger partial charge on any atom is 0.307 e. The molecule has 4 heterocycles. The Morgan fingerprint density at radius 3 is 2.46 bits per heavy atom. The Labute approximate surface area is 349 Å². The Bertz CT molecular complexity index is 2100. The van der Waals surface area contributed by atoms with E-state index in [-0.39, 0.29) is 55.3 Å². The second kappa shape index (κ2) is 16.3. The fourth-order valence-electron chi connectivity index (χ4n) is 9.32. The van der Waals surface area contributed by atoms with Crippen LogP contribution in [0.2, 0.25) is 0 Å². The molecular formula is C45H62N4O9S. The van der Waals surface area contributed by atoms with Crippen LogP contribution >= 0.6 is 0 Å². The van der Waals surface area contributed by atoms with Gasteiger partial charge in [0.1, 0.15) is 23.3 Å². The van der Waals surface area contributed by atoms with Crippen molar-refractivity contribution < 1.29 is 41.8 Å². The molecule has 3 aliphatic heterocycles. The molecule has 2 amide bonds. The summed E-state index contributed by atoms with van der Waals surface area (Å²) >= 11 is 0. The van der Waals surface area contributed by atoms with Gasteiger partial charge in [-0.3, -0.25) is 23.9 Å². The Morgan fingerprint density at radius 2 is 1.78 bits per heavy atom. The van der Waals surface area contributed by atoms with Crippen molar-refractivity contribution in [2.24, 2.45) is 29.1 Å². The van der Waals surface area contributed by atoms with Crippen LogP contribution in [0.5, 0.6) is 11.6 Å². The SMILES string of the molecule is COc1ccc2c(O[C@@H]3C[C@H]4C(=O)C[C@]5(C(=O)NS(=O)(=O)C6(C)CC6)C[C@H]5/C=C\CC[C@@H](C)C[C@@H](C)[C@H](CC(=O)OC(C)(C)C)C(=O)N4C3)nc(N3CCCC3)cc2c1. The van der Waals surface area contributed by atoms with E-state index in [0.717, 1.165) is 55.4 Å². The lowest BCUT2D eigenvalue weighted by atomic mass is 9.82. The van der Waals surface area contributed by atoms with E-state index in [1.807, 2.05) is 43.3 Å². The second-order valence-corrected chi connectivity index (χ2v) is 21.5. The van der Waals surface area contributed by atoms with Crippen LogP contribution in [0.25, 0.3) is 10.8 Å². The number of anilines is 1. The summed E-state index contributed by atoms with van der Waals surface area (Å²) in [6.07, 6.45) is 8.66. The first-order valence-corrected chi connectivity index (χ1v) is 23.0. The number of nitrogens with one attached hydrogen (secondary N) is 1. The molecule has 7 rings (SSSR count). The van der Waals surface area contributed by atoms with Crippen LogP contribution in [0.1, 0.15) is 112 Å². The molecule has 0 spiro atoms. The Balaban J connectivity index is 1.24. The molecule has 2 saturated heterocycles. The number of carbonyl (C=O) groups is 4. The highest BCUT2D eigenvalue weighted by molar-refractivity contribution is 7.91. The topological polar surface area (TPSA) is 162 Å². The minimum absolute atomic E-state index is 0.0604. The highest BCUT2D eigenvalue weighted by Crippen LogP contribution is 2.58. The third-order valence-corrected chi connectivity index (χ3v) is 15.5. The summed E-state index contributed by atoms with van der Waals surface area (Å²) in [5.41, 5.74) is -2.02. The van der Waals surface area contributed by atoms with Crippen molar-refractivity contribution in [2.45, 2.75) is 135 Å². The van der Waals surface area contributed by atoms with Crippen LogP contribution < -0.4 is 19.1 Å². The van der Waals surface area contributed by atoms with Gasteiger partial charge in [-0.15, -0.1) is 0 Å². The molecule has 7 atom stereocenters. The largest absolute Gasteiger partial charge is 0.497 e. The summed E-state index contributed by atoms with van der Waals surface area (Å²) in [5.74, 6) is -1.10. The number of allylic oxidation sites excluding steroid dienone is 2. The standard InChI is InChI=1S/C45H62N4O9S/c1-28-12-8-9-13-31-25-45(31,42(53)47-59(54,55)44(6)16-17-44)26-37(50)36-23-33(27-49(36)41(52)35(29(2)20-28)24-39(51)58-43(3,4)5)57-40-34-15-14-32(56-7)21-30(34)22-38(46-40)48-18-10-11-19-48/h9,13-15,21-22,28-29,31,33,35-36H,8,10-12,16-20,23-27H2,1-7H3,(H,47,53)/b13-9-/t28-,29-,31-,33-,35+,36+,45-/m1/s1. The molecule has 0 bridgehead atoms. The van der Waals surface area contributed by atoms with E-state index in [1.54, 1.807) is 39.7 Å². The van der Waals surface area contributed by atoms with Crippen LogP contribution in [0.4, 0.5) is 5.82 Å². The maximum atomic E-state index is 15.1. The number of hydrogen-bond donors (Lipinski definition) is 1. The Morgan fingerprint density at radius 1 is 1.05 bits per heavy atom. The van der Waals surface area contributed by atoms with Gasteiger partial charge in [0.15, 0.2) is 5.78 Å². The number of esters is 1. The van der Waals surface area contributed by atoms with Crippen molar-refractivity contribution in [3.05, 3.63) is 36.4 Å². The maximum absolute atomic E-state index is 15.1. The zero-order valence-electron chi connectivity index (χ0n) is 35.8. The number of hydrogen-bond acceptors (Lipinski definition) is 11. The third kappa shape index (κ3) is 9.27. The average Bonchev–Trinajstić information content (AvgIpc) is 3.91. The highest BCUT2D eigenvalue weighted by atomic mass is 32.2. The molecule has 1 N–H and O–H groups in total. The fourth-order valence-corrected chi connectivity index (χ4v) is 10.7. The molecule has 13 nitrogen and oxygen atoms in total. The summed E-state index contributed by atoms with van der Waals surface area (Å²) in [5, 5.41) is 1.64. The fraction of sp³-hybridized carbons (Fsp3) is 0.667. The van der Waals surface area contributed by atoms with E-state index in [0.29, 0.717) is 37.3 Å². The third-order valence-electron chi connectivity index (χ3n) is 13.3. The number of Topliss-reactive ketones (excluding diaryl/α,β-unsaturated/α-hetero) is 1. The van der Waals surface area contributed by atoms with Crippen molar-refractivity contribution >= 4 is 50.2 Å². The number of pyridine rings is 1. The van der Waals surface area contributed by atoms with Gasteiger partial charge in [-0.05, 0) is 126 Å². The number of aromatic nitrogens is 1. The van der Waals surface area contributed by atoms with Gasteiger partial charge in [0.05, 0.1) is 42.2 Å². The van der Waals surface area contributed by atoms with Crippen molar-refractivity contribution in [1.82, 2.24) is 14.6 Å². The minimum atomic E-state index is -3.96. The monoisotopic (exact) mass is 834 g/mol. The van der Waals surface area contributed by atoms with E-state index in [9.17, 15) is 22.8 Å². The molecule has 0 radical (unpaired) electrons. The molecule has 2 saturated carbocycles. The quantitative estimate of drug-likeness (QED) is 0.217. The zero-order valence-corrected chi connectivity index (χ0v) is 36.6. The van der Waals surface area contributed by atoms with Gasteiger partial charge in [0.25, 0.3) is 0 Å². The van der Waals surface area contributed by atoms with Crippen LogP contribution in [-0.2, 0) is 33.9 Å². The van der Waals surface area contributed by atoms with Gasteiger partial charge in [-0.1, -0.05) is 26.0 Å². The molecule has 59 heavy (non-hydrogen) atoms. The number of ketones is 1. The van der Waals surface area contributed by atoms with E-state index in [1.165, 1.54) is 0 Å². The van der Waals surface area contributed by atoms with Crippen molar-refractivity contribution in [3.8, 4) is 11.6 Å². The molecule has 1 aromatic carbocycles. The van der Waals surface area contributed by atoms with E-state index >= 15 is 4.79 Å².